The molecule has 0 atom stereocenters. The summed E-state index contributed by atoms with van der Waals surface area (Å²) in [6, 6.07) is 0. The molecule has 2 N–H and O–H groups in total. The topological polar surface area (TPSA) is 88.2 Å². The molecule has 0 unspecified atom stereocenters. The second-order valence-electron chi connectivity index (χ2n) is 2.45. The third kappa shape index (κ3) is 1.73. The number of nitrogens with zero attached hydrogens (tertiary/aromatic N) is 3. The van der Waals surface area contributed by atoms with Crippen molar-refractivity contribution < 1.29 is 10.2 Å². The summed E-state index contributed by atoms with van der Waals surface area (Å²) in [6.45, 7) is 1.55. The molecule has 0 aliphatic rings. The first-order valence-electron chi connectivity index (χ1n) is 3.91. The van der Waals surface area contributed by atoms with Crippen LogP contribution in [0.2, 0.25) is 0 Å². The molecule has 0 bridgehead atoms. The van der Waals surface area contributed by atoms with E-state index in [0.717, 1.165) is 0 Å². The molecule has 0 spiro atoms. The molecule has 0 saturated carbocycles. The molecular formula is C7H11N3O3. The van der Waals surface area contributed by atoms with Crippen molar-refractivity contribution in [3.63, 3.8) is 0 Å². The highest BCUT2D eigenvalue weighted by molar-refractivity contribution is 5.13. The lowest BCUT2D eigenvalue weighted by Crippen LogP contribution is -2.25. The zero-order valence-corrected chi connectivity index (χ0v) is 7.27. The molecule has 6 heteroatoms. The number of rotatable bonds is 3. The van der Waals surface area contributed by atoms with E-state index < -0.39 is 12.2 Å². The van der Waals surface area contributed by atoms with E-state index in [0.29, 0.717) is 12.2 Å². The van der Waals surface area contributed by atoms with Crippen LogP contribution in [-0.2, 0) is 19.8 Å². The monoisotopic (exact) mass is 185 g/mol. The van der Waals surface area contributed by atoms with Crippen LogP contribution >= 0.6 is 0 Å². The Balaban J connectivity index is 3.36. The quantitative estimate of drug-likeness (QED) is 0.607. The van der Waals surface area contributed by atoms with Crippen LogP contribution in [0.25, 0.3) is 0 Å². The van der Waals surface area contributed by atoms with Crippen LogP contribution < -0.4 is 5.56 Å². The van der Waals surface area contributed by atoms with E-state index in [1.54, 1.807) is 6.92 Å². The fourth-order valence-corrected chi connectivity index (χ4v) is 1.08. The van der Waals surface area contributed by atoms with Gasteiger partial charge in [0.25, 0.3) is 5.56 Å². The van der Waals surface area contributed by atoms with Crippen LogP contribution in [-0.4, -0.2) is 25.2 Å². The summed E-state index contributed by atoms with van der Waals surface area (Å²) in [4.78, 5) is 11.0. The highest BCUT2D eigenvalue weighted by atomic mass is 16.3. The number of aliphatic hydroxyl groups excluding tert-OH is 2. The normalized spacial score (nSPS) is 10.4. The Bertz CT molecular complexity index is 347. The molecule has 0 saturated heterocycles. The molecular weight excluding hydrogens is 174 g/mol. The number of aliphatic hydroxyl groups is 2. The van der Waals surface area contributed by atoms with Gasteiger partial charge in [-0.05, 0) is 6.92 Å². The minimum Gasteiger partial charge on any atom is -0.391 e. The Hall–Kier alpha value is -1.27. The number of hydrogen-bond acceptors (Lipinski definition) is 5. The standard InChI is InChI=1S/C7H11N3O3/c1-2-10-6(4-12)5(3-11)7(13)8-9-10/h11-12H,2-4H2,1H3. The SMILES string of the molecule is CCn1nnc(=O)c(CO)c1CO. The molecule has 1 heterocycles. The third-order valence-electron chi connectivity index (χ3n) is 1.77. The highest BCUT2D eigenvalue weighted by Crippen LogP contribution is 2.01. The van der Waals surface area contributed by atoms with Crippen molar-refractivity contribution in [2.24, 2.45) is 0 Å². The maximum atomic E-state index is 11.0. The van der Waals surface area contributed by atoms with Gasteiger partial charge in [-0.15, -0.1) is 0 Å². The van der Waals surface area contributed by atoms with Gasteiger partial charge in [-0.1, -0.05) is 10.3 Å². The Labute approximate surface area is 74.4 Å². The molecule has 0 aliphatic heterocycles. The van der Waals surface area contributed by atoms with Crippen molar-refractivity contribution in [3.05, 3.63) is 21.6 Å². The van der Waals surface area contributed by atoms with Crippen molar-refractivity contribution in [3.8, 4) is 0 Å². The fraction of sp³-hybridized carbons (Fsp3) is 0.571. The van der Waals surface area contributed by atoms with Gasteiger partial charge in [0.2, 0.25) is 0 Å². The minimum atomic E-state index is -0.587. The molecule has 1 aromatic rings. The predicted octanol–water partition coefficient (Wildman–Crippen LogP) is -1.36. The molecule has 6 nitrogen and oxygen atoms in total. The zero-order chi connectivity index (χ0) is 9.84. The van der Waals surface area contributed by atoms with Crippen molar-refractivity contribution in [1.29, 1.82) is 0 Å². The number of aryl methyl sites for hydroxylation is 1. The average Bonchev–Trinajstić information content (AvgIpc) is 2.17. The van der Waals surface area contributed by atoms with Gasteiger partial charge in [0, 0.05) is 6.54 Å². The van der Waals surface area contributed by atoms with Crippen LogP contribution in [0.4, 0.5) is 0 Å². The Morgan fingerprint density at radius 3 is 2.54 bits per heavy atom. The Kier molecular flexibility index (Phi) is 3.10. The van der Waals surface area contributed by atoms with E-state index in [4.69, 9.17) is 10.2 Å². The van der Waals surface area contributed by atoms with E-state index >= 15 is 0 Å². The van der Waals surface area contributed by atoms with Crippen molar-refractivity contribution in [2.45, 2.75) is 26.7 Å². The van der Waals surface area contributed by atoms with Gasteiger partial charge in [0.15, 0.2) is 0 Å². The summed E-state index contributed by atoms with van der Waals surface area (Å²) in [5.74, 6) is 0. The minimum absolute atomic E-state index is 0.111. The Morgan fingerprint density at radius 2 is 2.08 bits per heavy atom. The van der Waals surface area contributed by atoms with Gasteiger partial charge < -0.3 is 10.2 Å². The molecule has 0 fully saturated rings. The second-order valence-corrected chi connectivity index (χ2v) is 2.45. The molecule has 72 valence electrons. The lowest BCUT2D eigenvalue weighted by Gasteiger charge is -2.08. The summed E-state index contributed by atoms with van der Waals surface area (Å²) in [5.41, 5.74) is -0.152. The van der Waals surface area contributed by atoms with Gasteiger partial charge in [0.05, 0.1) is 24.5 Å². The lowest BCUT2D eigenvalue weighted by atomic mass is 10.2. The average molecular weight is 185 g/mol. The van der Waals surface area contributed by atoms with Crippen molar-refractivity contribution >= 4 is 0 Å². The van der Waals surface area contributed by atoms with Crippen LogP contribution in [0.3, 0.4) is 0 Å². The summed E-state index contributed by atoms with van der Waals surface area (Å²) < 4.78 is 1.38. The van der Waals surface area contributed by atoms with Gasteiger partial charge in [-0.2, -0.15) is 0 Å². The molecule has 1 aromatic heterocycles. The number of hydrogen-bond donors (Lipinski definition) is 2. The largest absolute Gasteiger partial charge is 0.391 e. The smallest absolute Gasteiger partial charge is 0.297 e. The second kappa shape index (κ2) is 4.11. The van der Waals surface area contributed by atoms with Crippen molar-refractivity contribution in [2.75, 3.05) is 0 Å². The van der Waals surface area contributed by atoms with E-state index in [-0.39, 0.29) is 12.2 Å². The first-order valence-corrected chi connectivity index (χ1v) is 3.91. The van der Waals surface area contributed by atoms with Gasteiger partial charge >= 0.3 is 0 Å². The third-order valence-corrected chi connectivity index (χ3v) is 1.77. The molecule has 0 aromatic carbocycles. The van der Waals surface area contributed by atoms with Crippen LogP contribution in [0.15, 0.2) is 4.79 Å². The maximum absolute atomic E-state index is 11.0. The first-order chi connectivity index (χ1) is 6.24. The predicted molar refractivity (Wildman–Crippen MR) is 43.8 cm³/mol. The molecule has 0 amide bonds. The van der Waals surface area contributed by atoms with E-state index in [1.807, 2.05) is 0 Å². The van der Waals surface area contributed by atoms with E-state index in [9.17, 15) is 4.79 Å². The first kappa shape index (κ1) is 9.82. The van der Waals surface area contributed by atoms with Crippen LogP contribution in [0.1, 0.15) is 18.2 Å². The van der Waals surface area contributed by atoms with E-state index in [1.165, 1.54) is 4.68 Å². The number of aromatic nitrogens is 3. The highest BCUT2D eigenvalue weighted by Gasteiger charge is 2.10. The fourth-order valence-electron chi connectivity index (χ4n) is 1.08. The van der Waals surface area contributed by atoms with Crippen LogP contribution in [0, 0.1) is 0 Å². The summed E-state index contributed by atoms with van der Waals surface area (Å²) in [6.07, 6.45) is 0. The van der Waals surface area contributed by atoms with Gasteiger partial charge in [0.1, 0.15) is 0 Å². The van der Waals surface area contributed by atoms with E-state index in [2.05, 4.69) is 10.3 Å². The Morgan fingerprint density at radius 1 is 1.38 bits per heavy atom. The van der Waals surface area contributed by atoms with Crippen molar-refractivity contribution in [1.82, 2.24) is 15.0 Å². The van der Waals surface area contributed by atoms with Gasteiger partial charge in [-0.3, -0.25) is 4.79 Å². The lowest BCUT2D eigenvalue weighted by molar-refractivity contribution is 0.242. The summed E-state index contributed by atoms with van der Waals surface area (Å²) in [7, 11) is 0. The molecule has 0 radical (unpaired) electrons. The maximum Gasteiger partial charge on any atom is 0.297 e. The summed E-state index contributed by atoms with van der Waals surface area (Å²) in [5, 5.41) is 24.7. The summed E-state index contributed by atoms with van der Waals surface area (Å²) >= 11 is 0. The molecule has 0 aliphatic carbocycles. The molecule has 13 heavy (non-hydrogen) atoms. The van der Waals surface area contributed by atoms with Crippen LogP contribution in [0.5, 0.6) is 0 Å². The molecule has 1 rings (SSSR count). The van der Waals surface area contributed by atoms with Gasteiger partial charge in [-0.25, -0.2) is 4.68 Å². The zero-order valence-electron chi connectivity index (χ0n) is 7.27.